The molecule has 19 heavy (non-hydrogen) atoms. The first-order chi connectivity index (χ1) is 8.90. The fraction of sp³-hybridized carbons (Fsp3) is 0.500. The summed E-state index contributed by atoms with van der Waals surface area (Å²) in [7, 11) is 0. The highest BCUT2D eigenvalue weighted by Gasteiger charge is 2.09. The Bertz CT molecular complexity index is 424. The molecule has 5 heteroatoms. The van der Waals surface area contributed by atoms with Gasteiger partial charge < -0.3 is 15.8 Å². The molecule has 106 valence electrons. The van der Waals surface area contributed by atoms with Gasteiger partial charge in [-0.15, -0.1) is 0 Å². The lowest BCUT2D eigenvalue weighted by Gasteiger charge is -2.12. The third kappa shape index (κ3) is 5.51. The summed E-state index contributed by atoms with van der Waals surface area (Å²) in [6.45, 7) is 6.80. The number of anilines is 1. The minimum absolute atomic E-state index is 0.00916. The number of nitrogens with one attached hydrogen (secondary N) is 1. The van der Waals surface area contributed by atoms with E-state index in [1.807, 2.05) is 13.0 Å². The number of carbonyl (C=O) groups is 1. The minimum Gasteiger partial charge on any atom is -0.481 e. The van der Waals surface area contributed by atoms with Gasteiger partial charge in [-0.1, -0.05) is 29.8 Å². The first-order valence-corrected chi connectivity index (χ1v) is 7.14. The summed E-state index contributed by atoms with van der Waals surface area (Å²) in [6.07, 6.45) is 0.963. The van der Waals surface area contributed by atoms with Crippen LogP contribution >= 0.6 is 15.9 Å². The Morgan fingerprint density at radius 2 is 2.16 bits per heavy atom. The van der Waals surface area contributed by atoms with Crippen molar-refractivity contribution in [1.82, 2.24) is 5.32 Å². The largest absolute Gasteiger partial charge is 0.481 e. The van der Waals surface area contributed by atoms with Gasteiger partial charge in [-0.3, -0.25) is 4.79 Å². The summed E-state index contributed by atoms with van der Waals surface area (Å²) >= 11 is 3.36. The van der Waals surface area contributed by atoms with Crippen molar-refractivity contribution in [2.24, 2.45) is 5.92 Å². The van der Waals surface area contributed by atoms with Crippen LogP contribution in [0.2, 0.25) is 0 Å². The van der Waals surface area contributed by atoms with Crippen molar-refractivity contribution < 1.29 is 9.53 Å². The summed E-state index contributed by atoms with van der Waals surface area (Å²) in [5.74, 6) is 1.02. The fourth-order valence-corrected chi connectivity index (χ4v) is 2.23. The Hall–Kier alpha value is -1.23. The summed E-state index contributed by atoms with van der Waals surface area (Å²) in [5.41, 5.74) is 7.30. The molecule has 4 nitrogen and oxygen atoms in total. The van der Waals surface area contributed by atoms with Crippen molar-refractivity contribution in [1.29, 1.82) is 0 Å². The van der Waals surface area contributed by atoms with Crippen LogP contribution in [0.3, 0.4) is 0 Å². The molecule has 0 aromatic heterocycles. The molecule has 0 fully saturated rings. The van der Waals surface area contributed by atoms with E-state index in [1.54, 1.807) is 6.07 Å². The summed E-state index contributed by atoms with van der Waals surface area (Å²) in [5, 5.41) is 2.82. The lowest BCUT2D eigenvalue weighted by Crippen LogP contribution is -2.30. The molecule has 1 rings (SSSR count). The fourth-order valence-electron chi connectivity index (χ4n) is 1.64. The van der Waals surface area contributed by atoms with Crippen LogP contribution < -0.4 is 15.8 Å². The monoisotopic (exact) mass is 328 g/mol. The Balaban J connectivity index is 2.46. The Morgan fingerprint density at radius 3 is 2.74 bits per heavy atom. The maximum Gasteiger partial charge on any atom is 0.257 e. The van der Waals surface area contributed by atoms with Gasteiger partial charge in [-0.2, -0.15) is 0 Å². The minimum atomic E-state index is -0.123. The number of hydrogen-bond acceptors (Lipinski definition) is 3. The van der Waals surface area contributed by atoms with E-state index in [2.05, 4.69) is 35.1 Å². The second-order valence-electron chi connectivity index (χ2n) is 4.96. The van der Waals surface area contributed by atoms with E-state index in [-0.39, 0.29) is 12.5 Å². The molecule has 0 aliphatic rings. The molecule has 0 aliphatic heterocycles. The van der Waals surface area contributed by atoms with E-state index < -0.39 is 0 Å². The van der Waals surface area contributed by atoms with Crippen LogP contribution in [-0.4, -0.2) is 19.1 Å². The quantitative estimate of drug-likeness (QED) is 0.789. The van der Waals surface area contributed by atoms with Gasteiger partial charge in [0.05, 0.1) is 5.69 Å². The SMILES string of the molecule is Cc1cc(Br)cc(N)c1OCC(=O)NCCC(C)C. The van der Waals surface area contributed by atoms with E-state index >= 15 is 0 Å². The van der Waals surface area contributed by atoms with Gasteiger partial charge >= 0.3 is 0 Å². The molecule has 1 aromatic carbocycles. The predicted molar refractivity (Wildman–Crippen MR) is 81.3 cm³/mol. The Morgan fingerprint density at radius 1 is 1.47 bits per heavy atom. The molecule has 0 bridgehead atoms. The molecular formula is C14H21BrN2O2. The van der Waals surface area contributed by atoms with Crippen molar-refractivity contribution in [3.63, 3.8) is 0 Å². The molecule has 3 N–H and O–H groups in total. The lowest BCUT2D eigenvalue weighted by atomic mass is 10.1. The van der Waals surface area contributed by atoms with Gasteiger partial charge in [0, 0.05) is 11.0 Å². The number of rotatable bonds is 6. The van der Waals surface area contributed by atoms with Crippen LogP contribution in [0.1, 0.15) is 25.8 Å². The number of ether oxygens (including phenoxy) is 1. The van der Waals surface area contributed by atoms with E-state index in [0.29, 0.717) is 23.9 Å². The lowest BCUT2D eigenvalue weighted by molar-refractivity contribution is -0.123. The van der Waals surface area contributed by atoms with Crippen LogP contribution in [-0.2, 0) is 4.79 Å². The first-order valence-electron chi connectivity index (χ1n) is 6.35. The normalized spacial score (nSPS) is 10.6. The third-order valence-electron chi connectivity index (χ3n) is 2.66. The van der Waals surface area contributed by atoms with Crippen molar-refractivity contribution in [2.45, 2.75) is 27.2 Å². The molecule has 0 saturated carbocycles. The molecular weight excluding hydrogens is 308 g/mol. The van der Waals surface area contributed by atoms with Gasteiger partial charge in [0.2, 0.25) is 0 Å². The van der Waals surface area contributed by atoms with Crippen LogP contribution in [0.15, 0.2) is 16.6 Å². The molecule has 0 unspecified atom stereocenters. The van der Waals surface area contributed by atoms with Crippen molar-refractivity contribution >= 4 is 27.5 Å². The molecule has 0 heterocycles. The average molecular weight is 329 g/mol. The third-order valence-corrected chi connectivity index (χ3v) is 3.12. The molecule has 1 aromatic rings. The number of benzene rings is 1. The molecule has 0 spiro atoms. The number of nitrogens with two attached hydrogens (primary N) is 1. The highest BCUT2D eigenvalue weighted by atomic mass is 79.9. The number of halogens is 1. The van der Waals surface area contributed by atoms with Crippen LogP contribution in [0.5, 0.6) is 5.75 Å². The zero-order valence-corrected chi connectivity index (χ0v) is 13.2. The maximum absolute atomic E-state index is 11.6. The number of amides is 1. The second kappa shape index (κ2) is 7.38. The topological polar surface area (TPSA) is 64.3 Å². The van der Waals surface area contributed by atoms with Crippen molar-refractivity contribution in [2.75, 3.05) is 18.9 Å². The van der Waals surface area contributed by atoms with E-state index in [4.69, 9.17) is 10.5 Å². The molecule has 0 radical (unpaired) electrons. The number of hydrogen-bond donors (Lipinski definition) is 2. The standard InChI is InChI=1S/C14H21BrN2O2/c1-9(2)4-5-17-13(18)8-19-14-10(3)6-11(15)7-12(14)16/h6-7,9H,4-5,8,16H2,1-3H3,(H,17,18). The van der Waals surface area contributed by atoms with Crippen LogP contribution in [0.25, 0.3) is 0 Å². The highest BCUT2D eigenvalue weighted by Crippen LogP contribution is 2.29. The summed E-state index contributed by atoms with van der Waals surface area (Å²) < 4.78 is 6.38. The zero-order valence-electron chi connectivity index (χ0n) is 11.6. The average Bonchev–Trinajstić information content (AvgIpc) is 2.26. The number of nitrogen functional groups attached to an aromatic ring is 1. The van der Waals surface area contributed by atoms with Gasteiger partial charge in [-0.25, -0.2) is 0 Å². The number of aryl methyl sites for hydroxylation is 1. The highest BCUT2D eigenvalue weighted by molar-refractivity contribution is 9.10. The summed E-state index contributed by atoms with van der Waals surface area (Å²) in [4.78, 5) is 11.6. The van der Waals surface area contributed by atoms with E-state index in [9.17, 15) is 4.79 Å². The first kappa shape index (κ1) is 15.8. The molecule has 0 aliphatic carbocycles. The smallest absolute Gasteiger partial charge is 0.257 e. The van der Waals surface area contributed by atoms with Crippen molar-refractivity contribution in [3.05, 3.63) is 22.2 Å². The van der Waals surface area contributed by atoms with Crippen LogP contribution in [0.4, 0.5) is 5.69 Å². The maximum atomic E-state index is 11.6. The van der Waals surface area contributed by atoms with E-state index in [1.165, 1.54) is 0 Å². The molecule has 1 amide bonds. The molecule has 0 atom stereocenters. The van der Waals surface area contributed by atoms with Gasteiger partial charge in [0.1, 0.15) is 5.75 Å². The van der Waals surface area contributed by atoms with Gasteiger partial charge in [-0.05, 0) is 37.0 Å². The Kier molecular flexibility index (Phi) is 6.15. The molecule has 0 saturated heterocycles. The van der Waals surface area contributed by atoms with Crippen LogP contribution in [0, 0.1) is 12.8 Å². The van der Waals surface area contributed by atoms with E-state index in [0.717, 1.165) is 16.5 Å². The van der Waals surface area contributed by atoms with Gasteiger partial charge in [0.15, 0.2) is 6.61 Å². The second-order valence-corrected chi connectivity index (χ2v) is 5.88. The van der Waals surface area contributed by atoms with Gasteiger partial charge in [0.25, 0.3) is 5.91 Å². The number of carbonyl (C=O) groups excluding carboxylic acids is 1. The predicted octanol–water partition coefficient (Wildman–Crippen LogP) is 2.88. The Labute approximate surface area is 122 Å². The zero-order chi connectivity index (χ0) is 14.4. The van der Waals surface area contributed by atoms with Crippen molar-refractivity contribution in [3.8, 4) is 5.75 Å². The summed E-state index contributed by atoms with van der Waals surface area (Å²) in [6, 6.07) is 3.67.